The van der Waals surface area contributed by atoms with E-state index >= 15 is 0 Å². The third-order valence-electron chi connectivity index (χ3n) is 2.28. The fraction of sp³-hybridized carbons (Fsp3) is 0.0833. The average molecular weight is 233 g/mol. The fourth-order valence-corrected chi connectivity index (χ4v) is 2.59. The molecule has 0 spiro atoms. The van der Waals surface area contributed by atoms with Crippen LogP contribution in [0.2, 0.25) is 0 Å². The number of aryl methyl sites for hydroxylation is 1. The molecular weight excluding hydrogens is 222 g/mol. The zero-order valence-electron chi connectivity index (χ0n) is 8.73. The summed E-state index contributed by atoms with van der Waals surface area (Å²) in [4.78, 5) is 12.8. The van der Waals surface area contributed by atoms with Gasteiger partial charge < -0.3 is 0 Å². The van der Waals surface area contributed by atoms with Crippen molar-refractivity contribution in [3.8, 4) is 10.4 Å². The van der Waals surface area contributed by atoms with E-state index in [0.29, 0.717) is 4.88 Å². The first-order chi connectivity index (χ1) is 7.72. The predicted octanol–water partition coefficient (Wildman–Crippen LogP) is 2.84. The number of thiophene rings is 1. The van der Waals surface area contributed by atoms with E-state index < -0.39 is 5.91 Å². The lowest BCUT2D eigenvalue weighted by Crippen LogP contribution is -2.16. The van der Waals surface area contributed by atoms with Gasteiger partial charge in [0.05, 0.1) is 4.88 Å². The number of hydrogen-bond acceptors (Lipinski definition) is 3. The molecule has 1 aromatic heterocycles. The molecule has 2 N–H and O–H groups in total. The van der Waals surface area contributed by atoms with Crippen molar-refractivity contribution in [3.05, 3.63) is 46.8 Å². The number of nitrogens with one attached hydrogen (secondary N) is 1. The summed E-state index contributed by atoms with van der Waals surface area (Å²) in [7, 11) is 0. The monoisotopic (exact) mass is 233 g/mol. The number of rotatable bonds is 2. The van der Waals surface area contributed by atoms with E-state index in [-0.39, 0.29) is 0 Å². The molecule has 0 radical (unpaired) electrons. The molecule has 16 heavy (non-hydrogen) atoms. The molecule has 3 nitrogen and oxygen atoms in total. The van der Waals surface area contributed by atoms with Crippen LogP contribution in [0.1, 0.15) is 15.2 Å². The quantitative estimate of drug-likeness (QED) is 0.619. The number of hydrogen-bond donors (Lipinski definition) is 2. The highest BCUT2D eigenvalue weighted by Crippen LogP contribution is 2.31. The molecule has 0 unspecified atom stereocenters. The number of amides is 1. The van der Waals surface area contributed by atoms with E-state index in [4.69, 9.17) is 5.21 Å². The Morgan fingerprint density at radius 1 is 1.31 bits per heavy atom. The van der Waals surface area contributed by atoms with Crippen molar-refractivity contribution in [2.45, 2.75) is 6.92 Å². The maximum absolute atomic E-state index is 11.3. The number of carbonyl (C=O) groups excluding carboxylic acids is 1. The van der Waals surface area contributed by atoms with Gasteiger partial charge in [-0.3, -0.25) is 10.0 Å². The minimum absolute atomic E-state index is 0.463. The molecule has 82 valence electrons. The van der Waals surface area contributed by atoms with Crippen LogP contribution < -0.4 is 5.48 Å². The minimum Gasteiger partial charge on any atom is -0.288 e. The van der Waals surface area contributed by atoms with Crippen LogP contribution in [-0.2, 0) is 0 Å². The Bertz CT molecular complexity index is 505. The van der Waals surface area contributed by atoms with Crippen molar-refractivity contribution in [3.63, 3.8) is 0 Å². The molecule has 1 aromatic carbocycles. The Labute approximate surface area is 97.3 Å². The summed E-state index contributed by atoms with van der Waals surface area (Å²) in [5.74, 6) is -0.463. The highest BCUT2D eigenvalue weighted by molar-refractivity contribution is 7.17. The van der Waals surface area contributed by atoms with Gasteiger partial charge in [0.1, 0.15) is 0 Å². The van der Waals surface area contributed by atoms with Gasteiger partial charge in [0.25, 0.3) is 5.91 Å². The summed E-state index contributed by atoms with van der Waals surface area (Å²) in [6, 6.07) is 11.6. The summed E-state index contributed by atoms with van der Waals surface area (Å²) in [5, 5.41) is 8.57. The Hall–Kier alpha value is -1.65. The van der Waals surface area contributed by atoms with E-state index in [1.807, 2.05) is 37.3 Å². The summed E-state index contributed by atoms with van der Waals surface area (Å²) in [6.07, 6.45) is 0. The van der Waals surface area contributed by atoms with Crippen LogP contribution in [0.5, 0.6) is 0 Å². The third kappa shape index (κ3) is 1.98. The first-order valence-electron chi connectivity index (χ1n) is 4.82. The average Bonchev–Trinajstić information content (AvgIpc) is 2.71. The molecule has 0 aliphatic heterocycles. The van der Waals surface area contributed by atoms with Crippen molar-refractivity contribution < 1.29 is 10.0 Å². The van der Waals surface area contributed by atoms with E-state index in [1.165, 1.54) is 11.3 Å². The third-order valence-corrected chi connectivity index (χ3v) is 3.56. The van der Waals surface area contributed by atoms with Crippen LogP contribution in [-0.4, -0.2) is 11.1 Å². The van der Waals surface area contributed by atoms with Gasteiger partial charge in [-0.15, -0.1) is 11.3 Å². The van der Waals surface area contributed by atoms with Crippen LogP contribution >= 0.6 is 11.3 Å². The number of carbonyl (C=O) groups is 1. The molecule has 0 aliphatic carbocycles. The molecule has 0 atom stereocenters. The topological polar surface area (TPSA) is 49.3 Å². The van der Waals surface area contributed by atoms with Crippen molar-refractivity contribution in [1.29, 1.82) is 0 Å². The maximum atomic E-state index is 11.3. The molecule has 1 amide bonds. The van der Waals surface area contributed by atoms with E-state index in [2.05, 4.69) is 0 Å². The van der Waals surface area contributed by atoms with Crippen molar-refractivity contribution in [2.24, 2.45) is 0 Å². The Balaban J connectivity index is 2.44. The lowest BCUT2D eigenvalue weighted by atomic mass is 10.1. The minimum atomic E-state index is -0.463. The zero-order chi connectivity index (χ0) is 11.5. The van der Waals surface area contributed by atoms with Crippen molar-refractivity contribution in [1.82, 2.24) is 5.48 Å². The van der Waals surface area contributed by atoms with Gasteiger partial charge in [-0.2, -0.15) is 0 Å². The zero-order valence-corrected chi connectivity index (χ0v) is 9.54. The molecule has 2 rings (SSSR count). The SMILES string of the molecule is Cc1cc(C(=O)NO)sc1-c1ccccc1. The Kier molecular flexibility index (Phi) is 3.03. The van der Waals surface area contributed by atoms with Gasteiger partial charge in [-0.1, -0.05) is 30.3 Å². The molecule has 0 aliphatic rings. The molecular formula is C12H11NO2S. The summed E-state index contributed by atoms with van der Waals surface area (Å²) in [5.41, 5.74) is 3.77. The molecule has 0 bridgehead atoms. The molecule has 0 saturated heterocycles. The second kappa shape index (κ2) is 4.47. The summed E-state index contributed by atoms with van der Waals surface area (Å²) < 4.78 is 0. The molecule has 2 aromatic rings. The van der Waals surface area contributed by atoms with Crippen molar-refractivity contribution in [2.75, 3.05) is 0 Å². The standard InChI is InChI=1S/C12H11NO2S/c1-8-7-10(12(14)13-15)16-11(8)9-5-3-2-4-6-9/h2-7,15H,1H3,(H,13,14). The molecule has 4 heteroatoms. The van der Waals surface area contributed by atoms with Gasteiger partial charge in [0.2, 0.25) is 0 Å². The summed E-state index contributed by atoms with van der Waals surface area (Å²) >= 11 is 1.37. The second-order valence-corrected chi connectivity index (χ2v) is 4.48. The Morgan fingerprint density at radius 2 is 2.00 bits per heavy atom. The lowest BCUT2D eigenvalue weighted by Gasteiger charge is -1.97. The first-order valence-corrected chi connectivity index (χ1v) is 5.64. The van der Waals surface area contributed by atoms with Gasteiger partial charge in [-0.05, 0) is 24.1 Å². The number of benzene rings is 1. The highest BCUT2D eigenvalue weighted by atomic mass is 32.1. The van der Waals surface area contributed by atoms with Crippen molar-refractivity contribution >= 4 is 17.2 Å². The molecule has 1 heterocycles. The second-order valence-electron chi connectivity index (χ2n) is 3.43. The largest absolute Gasteiger partial charge is 0.288 e. The van der Waals surface area contributed by atoms with E-state index in [1.54, 1.807) is 11.5 Å². The number of hydroxylamine groups is 1. The van der Waals surface area contributed by atoms with Crippen LogP contribution in [0.4, 0.5) is 0 Å². The molecule has 0 saturated carbocycles. The lowest BCUT2D eigenvalue weighted by molar-refractivity contribution is 0.0711. The van der Waals surface area contributed by atoms with Crippen LogP contribution in [0.3, 0.4) is 0 Å². The first kappa shape index (κ1) is 10.9. The fourth-order valence-electron chi connectivity index (χ4n) is 1.53. The van der Waals surface area contributed by atoms with E-state index in [0.717, 1.165) is 16.0 Å². The highest BCUT2D eigenvalue weighted by Gasteiger charge is 2.12. The van der Waals surface area contributed by atoms with Gasteiger partial charge >= 0.3 is 0 Å². The van der Waals surface area contributed by atoms with Crippen LogP contribution in [0.15, 0.2) is 36.4 Å². The van der Waals surface area contributed by atoms with Crippen LogP contribution in [0, 0.1) is 6.92 Å². The summed E-state index contributed by atoms with van der Waals surface area (Å²) in [6.45, 7) is 1.95. The molecule has 0 fully saturated rings. The predicted molar refractivity (Wildman–Crippen MR) is 63.7 cm³/mol. The van der Waals surface area contributed by atoms with Gasteiger partial charge in [-0.25, -0.2) is 5.48 Å². The van der Waals surface area contributed by atoms with Gasteiger partial charge in [0.15, 0.2) is 0 Å². The maximum Gasteiger partial charge on any atom is 0.284 e. The van der Waals surface area contributed by atoms with E-state index in [9.17, 15) is 4.79 Å². The van der Waals surface area contributed by atoms with Gasteiger partial charge in [0, 0.05) is 4.88 Å². The Morgan fingerprint density at radius 3 is 2.62 bits per heavy atom. The van der Waals surface area contributed by atoms with Crippen LogP contribution in [0.25, 0.3) is 10.4 Å². The normalized spacial score (nSPS) is 10.1. The smallest absolute Gasteiger partial charge is 0.284 e.